The van der Waals surface area contributed by atoms with Crippen molar-refractivity contribution in [3.63, 3.8) is 0 Å². The lowest BCUT2D eigenvalue weighted by Gasteiger charge is -2.12. The molecule has 0 saturated carbocycles. The molecule has 2 aromatic rings. The fraction of sp³-hybridized carbons (Fsp3) is 0.286. The summed E-state index contributed by atoms with van der Waals surface area (Å²) in [5.41, 5.74) is 0. The van der Waals surface area contributed by atoms with Gasteiger partial charge in [-0.1, -0.05) is 24.3 Å². The highest BCUT2D eigenvalue weighted by Gasteiger charge is 2.04. The number of para-hydroxylation sites is 1. The Kier molecular flexibility index (Phi) is 4.59. The Bertz CT molecular complexity index is 413. The van der Waals surface area contributed by atoms with E-state index in [9.17, 15) is 0 Å². The highest BCUT2D eigenvalue weighted by Crippen LogP contribution is 2.17. The van der Waals surface area contributed by atoms with Crippen LogP contribution in [0.3, 0.4) is 0 Å². The van der Waals surface area contributed by atoms with Gasteiger partial charge >= 0.3 is 0 Å². The highest BCUT2D eigenvalue weighted by molar-refractivity contribution is 7.10. The van der Waals surface area contributed by atoms with Crippen LogP contribution in [-0.4, -0.2) is 13.2 Å². The molecular weight excluding hydrogens is 230 g/mol. The third kappa shape index (κ3) is 3.88. The molecule has 17 heavy (non-hydrogen) atoms. The normalized spacial score (nSPS) is 12.3. The standard InChI is InChI=1S/C14H17NOS/c1-12(14-8-5-11-17-14)15-9-10-16-13-6-3-2-4-7-13/h2-8,11-12,15H,9-10H2,1H3/t12-/m0/s1. The van der Waals surface area contributed by atoms with Crippen molar-refractivity contribution in [1.29, 1.82) is 0 Å². The molecule has 0 spiro atoms. The summed E-state index contributed by atoms with van der Waals surface area (Å²) in [6, 6.07) is 14.5. The quantitative estimate of drug-likeness (QED) is 0.789. The maximum atomic E-state index is 5.61. The van der Waals surface area contributed by atoms with Crippen LogP contribution in [-0.2, 0) is 0 Å². The number of ether oxygens (including phenoxy) is 1. The Morgan fingerprint density at radius 3 is 2.71 bits per heavy atom. The van der Waals surface area contributed by atoms with Gasteiger partial charge in [0.1, 0.15) is 12.4 Å². The minimum absolute atomic E-state index is 0.398. The third-order valence-electron chi connectivity index (χ3n) is 2.53. The molecule has 1 aromatic carbocycles. The Morgan fingerprint density at radius 2 is 2.00 bits per heavy atom. The van der Waals surface area contributed by atoms with Crippen molar-refractivity contribution in [2.45, 2.75) is 13.0 Å². The van der Waals surface area contributed by atoms with Crippen LogP contribution in [0.2, 0.25) is 0 Å². The molecule has 90 valence electrons. The van der Waals surface area contributed by atoms with E-state index in [1.165, 1.54) is 4.88 Å². The van der Waals surface area contributed by atoms with Gasteiger partial charge < -0.3 is 10.1 Å². The van der Waals surface area contributed by atoms with Crippen LogP contribution in [0.25, 0.3) is 0 Å². The number of rotatable bonds is 6. The summed E-state index contributed by atoms with van der Waals surface area (Å²) >= 11 is 1.78. The first-order valence-electron chi connectivity index (χ1n) is 5.81. The maximum Gasteiger partial charge on any atom is 0.119 e. The molecule has 2 rings (SSSR count). The molecule has 2 nitrogen and oxygen atoms in total. The smallest absolute Gasteiger partial charge is 0.119 e. The van der Waals surface area contributed by atoms with Gasteiger partial charge in [-0.05, 0) is 30.5 Å². The van der Waals surface area contributed by atoms with Crippen LogP contribution in [0.15, 0.2) is 47.8 Å². The predicted molar refractivity (Wildman–Crippen MR) is 72.7 cm³/mol. The molecule has 0 aliphatic carbocycles. The number of nitrogens with one attached hydrogen (secondary N) is 1. The summed E-state index contributed by atoms with van der Waals surface area (Å²) < 4.78 is 5.61. The van der Waals surface area contributed by atoms with Gasteiger partial charge in [-0.3, -0.25) is 0 Å². The highest BCUT2D eigenvalue weighted by atomic mass is 32.1. The van der Waals surface area contributed by atoms with Gasteiger partial charge in [0.15, 0.2) is 0 Å². The summed E-state index contributed by atoms with van der Waals surface area (Å²) in [5.74, 6) is 0.929. The van der Waals surface area contributed by atoms with E-state index in [4.69, 9.17) is 4.74 Å². The Hall–Kier alpha value is -1.32. The summed E-state index contributed by atoms with van der Waals surface area (Å²) in [5, 5.41) is 5.55. The van der Waals surface area contributed by atoms with Crippen molar-refractivity contribution in [3.8, 4) is 5.75 Å². The predicted octanol–water partition coefficient (Wildman–Crippen LogP) is 3.48. The second kappa shape index (κ2) is 6.42. The van der Waals surface area contributed by atoms with Crippen molar-refractivity contribution >= 4 is 11.3 Å². The van der Waals surface area contributed by atoms with E-state index in [1.54, 1.807) is 11.3 Å². The Labute approximate surface area is 106 Å². The van der Waals surface area contributed by atoms with E-state index in [2.05, 4.69) is 29.8 Å². The van der Waals surface area contributed by atoms with E-state index >= 15 is 0 Å². The maximum absolute atomic E-state index is 5.61. The molecule has 0 unspecified atom stereocenters. The molecular formula is C14H17NOS. The van der Waals surface area contributed by atoms with Crippen molar-refractivity contribution in [1.82, 2.24) is 5.32 Å². The second-order valence-electron chi connectivity index (χ2n) is 3.85. The second-order valence-corrected chi connectivity index (χ2v) is 4.83. The molecule has 0 amide bonds. The van der Waals surface area contributed by atoms with Crippen LogP contribution in [0, 0.1) is 0 Å². The van der Waals surface area contributed by atoms with E-state index in [-0.39, 0.29) is 0 Å². The minimum Gasteiger partial charge on any atom is -0.492 e. The number of thiophene rings is 1. The number of benzene rings is 1. The number of hydrogen-bond acceptors (Lipinski definition) is 3. The monoisotopic (exact) mass is 247 g/mol. The molecule has 1 N–H and O–H groups in total. The van der Waals surface area contributed by atoms with Crippen LogP contribution in [0.1, 0.15) is 17.8 Å². The fourth-order valence-corrected chi connectivity index (χ4v) is 2.36. The van der Waals surface area contributed by atoms with Crippen molar-refractivity contribution in [2.75, 3.05) is 13.2 Å². The molecule has 0 radical (unpaired) electrons. The average Bonchev–Trinajstić information content (AvgIpc) is 2.89. The van der Waals surface area contributed by atoms with Gasteiger partial charge in [-0.15, -0.1) is 11.3 Å². The summed E-state index contributed by atoms with van der Waals surface area (Å²) in [7, 11) is 0. The van der Waals surface area contributed by atoms with E-state index in [0.29, 0.717) is 12.6 Å². The van der Waals surface area contributed by atoms with E-state index in [0.717, 1.165) is 12.3 Å². The Morgan fingerprint density at radius 1 is 1.18 bits per heavy atom. The third-order valence-corrected chi connectivity index (χ3v) is 3.59. The molecule has 1 atom stereocenters. The van der Waals surface area contributed by atoms with Gasteiger partial charge in [-0.25, -0.2) is 0 Å². The van der Waals surface area contributed by atoms with Crippen molar-refractivity contribution in [2.24, 2.45) is 0 Å². The SMILES string of the molecule is C[C@H](NCCOc1ccccc1)c1cccs1. The summed E-state index contributed by atoms with van der Waals surface area (Å²) in [6.07, 6.45) is 0. The molecule has 3 heteroatoms. The first-order valence-corrected chi connectivity index (χ1v) is 6.69. The van der Waals surface area contributed by atoms with Crippen LogP contribution in [0.4, 0.5) is 0 Å². The zero-order chi connectivity index (χ0) is 11.9. The van der Waals surface area contributed by atoms with E-state index < -0.39 is 0 Å². The Balaban J connectivity index is 1.67. The van der Waals surface area contributed by atoms with Crippen molar-refractivity contribution < 1.29 is 4.74 Å². The zero-order valence-electron chi connectivity index (χ0n) is 9.93. The van der Waals surface area contributed by atoms with E-state index in [1.807, 2.05) is 30.3 Å². The molecule has 0 aliphatic heterocycles. The van der Waals surface area contributed by atoms with Gasteiger partial charge in [-0.2, -0.15) is 0 Å². The number of hydrogen-bond donors (Lipinski definition) is 1. The lowest BCUT2D eigenvalue weighted by Crippen LogP contribution is -2.23. The van der Waals surface area contributed by atoms with Gasteiger partial charge in [0.05, 0.1) is 0 Å². The topological polar surface area (TPSA) is 21.3 Å². The van der Waals surface area contributed by atoms with Crippen LogP contribution >= 0.6 is 11.3 Å². The fourth-order valence-electron chi connectivity index (χ4n) is 1.60. The van der Waals surface area contributed by atoms with Gasteiger partial charge in [0.2, 0.25) is 0 Å². The molecule has 0 fully saturated rings. The summed E-state index contributed by atoms with van der Waals surface area (Å²) in [6.45, 7) is 3.72. The molecule has 0 bridgehead atoms. The largest absolute Gasteiger partial charge is 0.492 e. The molecule has 1 heterocycles. The summed E-state index contributed by atoms with van der Waals surface area (Å²) in [4.78, 5) is 1.37. The van der Waals surface area contributed by atoms with Gasteiger partial charge in [0.25, 0.3) is 0 Å². The average molecular weight is 247 g/mol. The van der Waals surface area contributed by atoms with Gasteiger partial charge in [0, 0.05) is 17.5 Å². The first kappa shape index (κ1) is 12.1. The van der Waals surface area contributed by atoms with Crippen LogP contribution < -0.4 is 10.1 Å². The lowest BCUT2D eigenvalue weighted by molar-refractivity contribution is 0.308. The van der Waals surface area contributed by atoms with Crippen LogP contribution in [0.5, 0.6) is 5.75 Å². The molecule has 0 saturated heterocycles. The van der Waals surface area contributed by atoms with Crippen molar-refractivity contribution in [3.05, 3.63) is 52.7 Å². The lowest BCUT2D eigenvalue weighted by atomic mass is 10.3. The first-order chi connectivity index (χ1) is 8.36. The minimum atomic E-state index is 0.398. The molecule has 0 aliphatic rings. The molecule has 1 aromatic heterocycles. The zero-order valence-corrected chi connectivity index (χ0v) is 10.7.